The van der Waals surface area contributed by atoms with Crippen LogP contribution in [0.5, 0.6) is 5.75 Å². The van der Waals surface area contributed by atoms with Gasteiger partial charge in [-0.15, -0.1) is 0 Å². The Bertz CT molecular complexity index is 978. The lowest BCUT2D eigenvalue weighted by Gasteiger charge is -2.10. The third-order valence-electron chi connectivity index (χ3n) is 4.02. The number of aryl methyl sites for hydroxylation is 3. The molecule has 0 fully saturated rings. The van der Waals surface area contributed by atoms with Gasteiger partial charge in [-0.1, -0.05) is 17.7 Å². The van der Waals surface area contributed by atoms with Crippen LogP contribution >= 0.6 is 11.6 Å². The van der Waals surface area contributed by atoms with Crippen LogP contribution in [0.25, 0.3) is 0 Å². The van der Waals surface area contributed by atoms with E-state index in [1.54, 1.807) is 24.4 Å². The van der Waals surface area contributed by atoms with Crippen LogP contribution < -0.4 is 10.1 Å². The van der Waals surface area contributed by atoms with E-state index in [9.17, 15) is 9.18 Å². The van der Waals surface area contributed by atoms with Gasteiger partial charge in [0, 0.05) is 11.2 Å². The van der Waals surface area contributed by atoms with Gasteiger partial charge in [-0.25, -0.2) is 9.07 Å². The Morgan fingerprint density at radius 1 is 1.19 bits per heavy atom. The summed E-state index contributed by atoms with van der Waals surface area (Å²) in [5, 5.41) is 7.41. The average Bonchev–Trinajstić information content (AvgIpc) is 3.10. The molecule has 0 saturated carbocycles. The van der Waals surface area contributed by atoms with E-state index in [2.05, 4.69) is 10.4 Å². The second-order valence-electron chi connectivity index (χ2n) is 6.32. The van der Waals surface area contributed by atoms with Crippen molar-refractivity contribution in [2.24, 2.45) is 0 Å². The Balaban J connectivity index is 1.66. The Hall–Kier alpha value is -2.86. The average molecular weight is 388 g/mol. The van der Waals surface area contributed by atoms with Gasteiger partial charge in [-0.3, -0.25) is 4.79 Å². The number of hydrogen-bond acceptors (Lipinski definition) is 3. The van der Waals surface area contributed by atoms with Crippen molar-refractivity contribution in [2.75, 3.05) is 5.32 Å². The van der Waals surface area contributed by atoms with Crippen molar-refractivity contribution >= 4 is 23.2 Å². The molecule has 7 heteroatoms. The minimum atomic E-state index is -0.495. The lowest BCUT2D eigenvalue weighted by molar-refractivity contribution is 0.101. The number of amides is 1. The van der Waals surface area contributed by atoms with Gasteiger partial charge >= 0.3 is 0 Å². The van der Waals surface area contributed by atoms with E-state index in [0.717, 1.165) is 16.7 Å². The molecule has 2 aromatic carbocycles. The predicted molar refractivity (Wildman–Crippen MR) is 103 cm³/mol. The maximum Gasteiger partial charge on any atom is 0.276 e. The number of hydrogen-bond donors (Lipinski definition) is 1. The van der Waals surface area contributed by atoms with Gasteiger partial charge in [-0.2, -0.15) is 5.10 Å². The van der Waals surface area contributed by atoms with Crippen LogP contribution in [0, 0.1) is 26.6 Å². The topological polar surface area (TPSA) is 56.2 Å². The second kappa shape index (κ2) is 7.80. The molecule has 0 saturated heterocycles. The van der Waals surface area contributed by atoms with Crippen LogP contribution in [-0.2, 0) is 6.73 Å². The molecular formula is C20H19ClFN3O2. The predicted octanol–water partition coefficient (Wildman–Crippen LogP) is 4.89. The van der Waals surface area contributed by atoms with Crippen molar-refractivity contribution < 1.29 is 13.9 Å². The molecule has 140 valence electrons. The molecule has 3 aromatic rings. The highest BCUT2D eigenvalue weighted by atomic mass is 35.5. The normalized spacial score (nSPS) is 10.7. The molecule has 0 unspecified atom stereocenters. The van der Waals surface area contributed by atoms with Gasteiger partial charge in [-0.05, 0) is 67.8 Å². The smallest absolute Gasteiger partial charge is 0.276 e. The Labute approximate surface area is 161 Å². The third-order valence-corrected chi connectivity index (χ3v) is 4.61. The SMILES string of the molecule is Cc1ccc(F)c(NC(=O)c2ccn(COc3cc(C)c(Cl)c(C)c3)n2)c1. The molecule has 1 N–H and O–H groups in total. The maximum absolute atomic E-state index is 13.8. The van der Waals surface area contributed by atoms with Crippen molar-refractivity contribution in [3.63, 3.8) is 0 Å². The number of anilines is 1. The van der Waals surface area contributed by atoms with E-state index in [1.807, 2.05) is 32.9 Å². The summed E-state index contributed by atoms with van der Waals surface area (Å²) in [6.45, 7) is 5.76. The summed E-state index contributed by atoms with van der Waals surface area (Å²) in [6.07, 6.45) is 1.62. The van der Waals surface area contributed by atoms with Crippen LogP contribution in [0.1, 0.15) is 27.2 Å². The standard InChI is InChI=1S/C20H19ClFN3O2/c1-12-4-5-16(22)18(8-12)23-20(26)17-6-7-25(24-17)11-27-15-9-13(2)19(21)14(3)10-15/h4-10H,11H2,1-3H3,(H,23,26). The van der Waals surface area contributed by atoms with E-state index in [4.69, 9.17) is 16.3 Å². The molecule has 1 amide bonds. The van der Waals surface area contributed by atoms with Crippen molar-refractivity contribution in [2.45, 2.75) is 27.5 Å². The van der Waals surface area contributed by atoms with Crippen LogP contribution in [0.15, 0.2) is 42.6 Å². The van der Waals surface area contributed by atoms with Crippen LogP contribution in [0.4, 0.5) is 10.1 Å². The molecule has 0 atom stereocenters. The quantitative estimate of drug-likeness (QED) is 0.678. The first kappa shape index (κ1) is 18.9. The molecule has 5 nitrogen and oxygen atoms in total. The van der Waals surface area contributed by atoms with E-state index < -0.39 is 11.7 Å². The van der Waals surface area contributed by atoms with Crippen LogP contribution in [0.2, 0.25) is 5.02 Å². The molecule has 0 aliphatic carbocycles. The van der Waals surface area contributed by atoms with Gasteiger partial charge in [0.05, 0.1) is 5.69 Å². The van der Waals surface area contributed by atoms with Crippen molar-refractivity contribution in [3.8, 4) is 5.75 Å². The van der Waals surface area contributed by atoms with Gasteiger partial charge < -0.3 is 10.1 Å². The van der Waals surface area contributed by atoms with E-state index in [1.165, 1.54) is 10.7 Å². The molecular weight excluding hydrogens is 369 g/mol. The van der Waals surface area contributed by atoms with E-state index in [-0.39, 0.29) is 18.1 Å². The monoisotopic (exact) mass is 387 g/mol. The number of benzene rings is 2. The highest BCUT2D eigenvalue weighted by molar-refractivity contribution is 6.32. The number of nitrogens with one attached hydrogen (secondary N) is 1. The largest absolute Gasteiger partial charge is 0.471 e. The van der Waals surface area contributed by atoms with Crippen molar-refractivity contribution in [1.29, 1.82) is 0 Å². The first-order valence-electron chi connectivity index (χ1n) is 8.34. The van der Waals surface area contributed by atoms with Gasteiger partial charge in [0.2, 0.25) is 0 Å². The fourth-order valence-electron chi connectivity index (χ4n) is 2.61. The zero-order valence-electron chi connectivity index (χ0n) is 15.2. The number of rotatable bonds is 5. The van der Waals surface area contributed by atoms with Crippen molar-refractivity contribution in [3.05, 3.63) is 75.8 Å². The molecule has 0 aliphatic rings. The zero-order chi connectivity index (χ0) is 19.6. The first-order valence-corrected chi connectivity index (χ1v) is 8.72. The van der Waals surface area contributed by atoms with Crippen molar-refractivity contribution in [1.82, 2.24) is 9.78 Å². The number of ether oxygens (including phenoxy) is 1. The van der Waals surface area contributed by atoms with Gasteiger partial charge in [0.25, 0.3) is 5.91 Å². The molecule has 1 heterocycles. The highest BCUT2D eigenvalue weighted by Gasteiger charge is 2.13. The Morgan fingerprint density at radius 3 is 2.59 bits per heavy atom. The summed E-state index contributed by atoms with van der Waals surface area (Å²) in [5.41, 5.74) is 2.99. The molecule has 3 rings (SSSR count). The molecule has 0 bridgehead atoms. The molecule has 0 radical (unpaired) electrons. The third kappa shape index (κ3) is 4.46. The minimum Gasteiger partial charge on any atom is -0.471 e. The number of halogens is 2. The summed E-state index contributed by atoms with van der Waals surface area (Å²) in [4.78, 5) is 12.3. The van der Waals surface area contributed by atoms with Gasteiger partial charge in [0.1, 0.15) is 11.6 Å². The summed E-state index contributed by atoms with van der Waals surface area (Å²) in [5.74, 6) is -0.320. The van der Waals surface area contributed by atoms with Gasteiger partial charge in [0.15, 0.2) is 12.4 Å². The molecule has 0 aliphatic heterocycles. The summed E-state index contributed by atoms with van der Waals surface area (Å²) < 4.78 is 21.0. The zero-order valence-corrected chi connectivity index (χ0v) is 16.0. The Kier molecular flexibility index (Phi) is 5.46. The summed E-state index contributed by atoms with van der Waals surface area (Å²) >= 11 is 6.15. The summed E-state index contributed by atoms with van der Waals surface area (Å²) in [7, 11) is 0. The summed E-state index contributed by atoms with van der Waals surface area (Å²) in [6, 6.07) is 9.74. The van der Waals surface area contributed by atoms with E-state index >= 15 is 0 Å². The number of carbonyl (C=O) groups excluding carboxylic acids is 1. The number of nitrogens with zero attached hydrogens (tertiary/aromatic N) is 2. The maximum atomic E-state index is 13.8. The molecule has 0 spiro atoms. The number of aromatic nitrogens is 2. The second-order valence-corrected chi connectivity index (χ2v) is 6.70. The lowest BCUT2D eigenvalue weighted by atomic mass is 10.1. The van der Waals surface area contributed by atoms with E-state index in [0.29, 0.717) is 10.8 Å². The fraction of sp³-hybridized carbons (Fsp3) is 0.200. The molecule has 27 heavy (non-hydrogen) atoms. The fourth-order valence-corrected chi connectivity index (χ4v) is 2.72. The first-order chi connectivity index (χ1) is 12.8. The van der Waals surface area contributed by atoms with Crippen LogP contribution in [0.3, 0.4) is 0 Å². The van der Waals surface area contributed by atoms with Crippen LogP contribution in [-0.4, -0.2) is 15.7 Å². The highest BCUT2D eigenvalue weighted by Crippen LogP contribution is 2.26. The minimum absolute atomic E-state index is 0.123. The number of carbonyl (C=O) groups is 1. The molecule has 1 aromatic heterocycles. The Morgan fingerprint density at radius 2 is 1.89 bits per heavy atom. The lowest BCUT2D eigenvalue weighted by Crippen LogP contribution is -2.15.